The van der Waals surface area contributed by atoms with Crippen LogP contribution in [-0.2, 0) is 9.53 Å². The Morgan fingerprint density at radius 3 is 2.77 bits per heavy atom. The molecule has 22 heavy (non-hydrogen) atoms. The first-order chi connectivity index (χ1) is 10.7. The number of carbonyl (C=O) groups is 1. The third-order valence-electron chi connectivity index (χ3n) is 3.60. The van der Waals surface area contributed by atoms with Crippen LogP contribution in [0.5, 0.6) is 0 Å². The topological polar surface area (TPSA) is 82.2 Å². The Labute approximate surface area is 126 Å². The predicted octanol–water partition coefficient (Wildman–Crippen LogP) is -0.151. The molecule has 0 aliphatic carbocycles. The Kier molecular flexibility index (Phi) is 4.01. The first-order valence-electron chi connectivity index (χ1n) is 7.13. The van der Waals surface area contributed by atoms with Crippen molar-refractivity contribution < 1.29 is 9.53 Å². The molecule has 0 radical (unpaired) electrons. The van der Waals surface area contributed by atoms with Crippen molar-refractivity contribution in [3.63, 3.8) is 0 Å². The van der Waals surface area contributed by atoms with Gasteiger partial charge in [0.05, 0.1) is 13.2 Å². The molecule has 3 heterocycles. The summed E-state index contributed by atoms with van der Waals surface area (Å²) in [5, 5.41) is 8.33. The first kappa shape index (κ1) is 14.5. The van der Waals surface area contributed by atoms with Crippen LogP contribution in [0, 0.1) is 0 Å². The molecular weight excluding hydrogens is 286 g/mol. The minimum absolute atomic E-state index is 0.129. The van der Waals surface area contributed by atoms with Crippen molar-refractivity contribution in [3.8, 4) is 5.82 Å². The van der Waals surface area contributed by atoms with Gasteiger partial charge in [-0.25, -0.2) is 9.36 Å². The SMILES string of the molecule is CC(C(=O)N1CCOCC1)n1nc(-n2cccn2)ccc1=O. The lowest BCUT2D eigenvalue weighted by Crippen LogP contribution is -2.45. The molecule has 1 unspecified atom stereocenters. The Morgan fingerprint density at radius 2 is 2.09 bits per heavy atom. The Morgan fingerprint density at radius 1 is 1.32 bits per heavy atom. The van der Waals surface area contributed by atoms with Gasteiger partial charge < -0.3 is 9.64 Å². The van der Waals surface area contributed by atoms with Crippen molar-refractivity contribution in [3.05, 3.63) is 40.9 Å². The lowest BCUT2D eigenvalue weighted by Gasteiger charge is -2.29. The molecule has 0 saturated carbocycles. The first-order valence-corrected chi connectivity index (χ1v) is 7.13. The van der Waals surface area contributed by atoms with Gasteiger partial charge in [-0.15, -0.1) is 5.10 Å². The Hall–Kier alpha value is -2.48. The van der Waals surface area contributed by atoms with Gasteiger partial charge in [0.2, 0.25) is 5.91 Å². The van der Waals surface area contributed by atoms with E-state index in [-0.39, 0.29) is 11.5 Å². The number of morpholine rings is 1. The van der Waals surface area contributed by atoms with E-state index in [1.807, 2.05) is 0 Å². The zero-order valence-electron chi connectivity index (χ0n) is 12.3. The summed E-state index contributed by atoms with van der Waals surface area (Å²) in [6, 6.07) is 4.07. The summed E-state index contributed by atoms with van der Waals surface area (Å²) in [6.45, 7) is 3.80. The molecule has 0 bridgehead atoms. The van der Waals surface area contributed by atoms with Gasteiger partial charge in [-0.2, -0.15) is 5.10 Å². The number of nitrogens with zero attached hydrogens (tertiary/aromatic N) is 5. The van der Waals surface area contributed by atoms with Crippen molar-refractivity contribution in [2.45, 2.75) is 13.0 Å². The number of aromatic nitrogens is 4. The number of carbonyl (C=O) groups excluding carboxylic acids is 1. The third-order valence-corrected chi connectivity index (χ3v) is 3.60. The number of ether oxygens (including phenoxy) is 1. The van der Waals surface area contributed by atoms with E-state index >= 15 is 0 Å². The van der Waals surface area contributed by atoms with Gasteiger partial charge in [0, 0.05) is 31.5 Å². The van der Waals surface area contributed by atoms with E-state index in [0.29, 0.717) is 32.1 Å². The molecular formula is C14H17N5O3. The average molecular weight is 303 g/mol. The molecule has 0 spiro atoms. The molecule has 0 N–H and O–H groups in total. The number of hydrogen-bond donors (Lipinski definition) is 0. The molecule has 1 aliphatic heterocycles. The maximum atomic E-state index is 12.5. The second kappa shape index (κ2) is 6.10. The summed E-state index contributed by atoms with van der Waals surface area (Å²) < 4.78 is 7.98. The lowest BCUT2D eigenvalue weighted by atomic mass is 10.2. The van der Waals surface area contributed by atoms with E-state index in [9.17, 15) is 9.59 Å². The number of amides is 1. The lowest BCUT2D eigenvalue weighted by molar-refractivity contribution is -0.138. The van der Waals surface area contributed by atoms with Gasteiger partial charge in [-0.1, -0.05) is 0 Å². The van der Waals surface area contributed by atoms with Gasteiger partial charge in [0.15, 0.2) is 5.82 Å². The van der Waals surface area contributed by atoms with Gasteiger partial charge in [-0.3, -0.25) is 9.59 Å². The predicted molar refractivity (Wildman–Crippen MR) is 77.7 cm³/mol. The van der Waals surface area contributed by atoms with E-state index in [1.165, 1.54) is 10.7 Å². The highest BCUT2D eigenvalue weighted by atomic mass is 16.5. The third kappa shape index (κ3) is 2.77. The van der Waals surface area contributed by atoms with Crippen molar-refractivity contribution in [2.75, 3.05) is 26.3 Å². The molecule has 1 saturated heterocycles. The summed E-state index contributed by atoms with van der Waals surface area (Å²) in [5.74, 6) is 0.363. The Bertz CT molecular complexity index is 704. The molecule has 8 nitrogen and oxygen atoms in total. The molecule has 1 aliphatic rings. The van der Waals surface area contributed by atoms with Crippen LogP contribution in [0.25, 0.3) is 5.82 Å². The van der Waals surface area contributed by atoms with Gasteiger partial charge in [0.1, 0.15) is 6.04 Å². The van der Waals surface area contributed by atoms with Gasteiger partial charge in [-0.05, 0) is 19.1 Å². The van der Waals surface area contributed by atoms with Crippen molar-refractivity contribution in [1.29, 1.82) is 0 Å². The second-order valence-electron chi connectivity index (χ2n) is 5.04. The summed E-state index contributed by atoms with van der Waals surface area (Å²) in [5.41, 5.74) is -0.315. The van der Waals surface area contributed by atoms with E-state index in [4.69, 9.17) is 4.74 Å². The van der Waals surface area contributed by atoms with Crippen LogP contribution in [0.4, 0.5) is 0 Å². The smallest absolute Gasteiger partial charge is 0.267 e. The molecule has 116 valence electrons. The second-order valence-corrected chi connectivity index (χ2v) is 5.04. The van der Waals surface area contributed by atoms with E-state index < -0.39 is 6.04 Å². The fourth-order valence-electron chi connectivity index (χ4n) is 2.37. The summed E-state index contributed by atoms with van der Waals surface area (Å²) in [4.78, 5) is 26.2. The highest BCUT2D eigenvalue weighted by Gasteiger charge is 2.25. The van der Waals surface area contributed by atoms with Crippen molar-refractivity contribution in [1.82, 2.24) is 24.5 Å². The maximum Gasteiger partial charge on any atom is 0.267 e. The maximum absolute atomic E-state index is 12.5. The van der Waals surface area contributed by atoms with Crippen molar-refractivity contribution in [2.24, 2.45) is 0 Å². The fourth-order valence-corrected chi connectivity index (χ4v) is 2.37. The van der Waals surface area contributed by atoms with Crippen LogP contribution in [0.1, 0.15) is 13.0 Å². The van der Waals surface area contributed by atoms with E-state index in [1.54, 1.807) is 41.0 Å². The molecule has 1 fully saturated rings. The minimum Gasteiger partial charge on any atom is -0.378 e. The average Bonchev–Trinajstić information content (AvgIpc) is 3.09. The summed E-state index contributed by atoms with van der Waals surface area (Å²) in [6.07, 6.45) is 3.35. The molecule has 3 rings (SSSR count). The zero-order chi connectivity index (χ0) is 15.5. The molecule has 2 aromatic rings. The molecule has 1 atom stereocenters. The van der Waals surface area contributed by atoms with Crippen LogP contribution in [0.2, 0.25) is 0 Å². The molecule has 2 aromatic heterocycles. The molecule has 1 amide bonds. The normalized spacial score (nSPS) is 16.5. The largest absolute Gasteiger partial charge is 0.378 e. The Balaban J connectivity index is 1.88. The van der Waals surface area contributed by atoms with Gasteiger partial charge in [0.25, 0.3) is 5.56 Å². The minimum atomic E-state index is -0.666. The van der Waals surface area contributed by atoms with Gasteiger partial charge >= 0.3 is 0 Å². The van der Waals surface area contributed by atoms with Crippen LogP contribution in [-0.4, -0.2) is 56.7 Å². The monoisotopic (exact) mass is 303 g/mol. The van der Waals surface area contributed by atoms with E-state index in [0.717, 1.165) is 0 Å². The quantitative estimate of drug-likeness (QED) is 0.787. The molecule has 8 heteroatoms. The zero-order valence-corrected chi connectivity index (χ0v) is 12.3. The fraction of sp³-hybridized carbons (Fsp3) is 0.429. The van der Waals surface area contributed by atoms with Crippen LogP contribution in [0.15, 0.2) is 35.4 Å². The summed E-state index contributed by atoms with van der Waals surface area (Å²) in [7, 11) is 0. The highest BCUT2D eigenvalue weighted by Crippen LogP contribution is 2.10. The van der Waals surface area contributed by atoms with E-state index in [2.05, 4.69) is 10.2 Å². The van der Waals surface area contributed by atoms with Crippen LogP contribution in [0.3, 0.4) is 0 Å². The molecule has 0 aromatic carbocycles. The van der Waals surface area contributed by atoms with Crippen LogP contribution >= 0.6 is 0 Å². The number of rotatable bonds is 3. The van der Waals surface area contributed by atoms with Crippen molar-refractivity contribution >= 4 is 5.91 Å². The highest BCUT2D eigenvalue weighted by molar-refractivity contribution is 5.80. The number of hydrogen-bond acceptors (Lipinski definition) is 5. The van der Waals surface area contributed by atoms with Crippen LogP contribution < -0.4 is 5.56 Å². The standard InChI is InChI=1S/C14H17N5O3/c1-11(14(21)17-7-9-22-10-8-17)19-13(20)4-3-12(16-19)18-6-2-5-15-18/h2-6,11H,7-10H2,1H3. The summed E-state index contributed by atoms with van der Waals surface area (Å²) >= 11 is 0.